The molecule has 0 radical (unpaired) electrons. The van der Waals surface area contributed by atoms with Gasteiger partial charge in [0.25, 0.3) is 5.91 Å². The number of nitrogens with one attached hydrogen (secondary N) is 1. The number of fused-ring (bicyclic) bond motifs is 1. The number of hydrogen-bond donors (Lipinski definition) is 1. The topological polar surface area (TPSA) is 99.9 Å². The summed E-state index contributed by atoms with van der Waals surface area (Å²) in [6.45, 7) is 2.11. The van der Waals surface area contributed by atoms with Crippen LogP contribution in [0.15, 0.2) is 65.6 Å². The van der Waals surface area contributed by atoms with Gasteiger partial charge in [-0.25, -0.2) is 13.4 Å². The molecule has 3 aromatic carbocycles. The molecular formula is C24H19N3O3S2. The monoisotopic (exact) mass is 461 g/mol. The molecule has 1 amide bonds. The lowest BCUT2D eigenvalue weighted by atomic mass is 10.1. The molecule has 1 N–H and O–H groups in total. The van der Waals surface area contributed by atoms with Crippen LogP contribution < -0.4 is 5.32 Å². The Balaban J connectivity index is 1.65. The van der Waals surface area contributed by atoms with Crippen molar-refractivity contribution in [2.45, 2.75) is 18.2 Å². The van der Waals surface area contributed by atoms with Crippen molar-refractivity contribution >= 4 is 43.0 Å². The van der Waals surface area contributed by atoms with Crippen molar-refractivity contribution in [1.82, 2.24) is 4.98 Å². The quantitative estimate of drug-likeness (QED) is 0.448. The molecule has 0 saturated carbocycles. The van der Waals surface area contributed by atoms with E-state index in [2.05, 4.69) is 24.4 Å². The van der Waals surface area contributed by atoms with Crippen LogP contribution in [0, 0.1) is 11.3 Å². The summed E-state index contributed by atoms with van der Waals surface area (Å²) in [6, 6.07) is 19.5. The number of sulfone groups is 1. The molecular weight excluding hydrogens is 442 g/mol. The Morgan fingerprint density at radius 1 is 1.09 bits per heavy atom. The third kappa shape index (κ3) is 4.40. The van der Waals surface area contributed by atoms with E-state index in [1.54, 1.807) is 23.5 Å². The molecule has 0 aliphatic heterocycles. The van der Waals surface area contributed by atoms with Crippen LogP contribution in [0.3, 0.4) is 0 Å². The maximum atomic E-state index is 12.9. The van der Waals surface area contributed by atoms with Crippen molar-refractivity contribution in [2.75, 3.05) is 11.6 Å². The third-order valence-electron chi connectivity index (χ3n) is 5.01. The highest BCUT2D eigenvalue weighted by Crippen LogP contribution is 2.32. The van der Waals surface area contributed by atoms with E-state index in [0.717, 1.165) is 33.5 Å². The van der Waals surface area contributed by atoms with Gasteiger partial charge in [-0.3, -0.25) is 4.79 Å². The van der Waals surface area contributed by atoms with Crippen LogP contribution in [0.25, 0.3) is 20.8 Å². The molecule has 8 heteroatoms. The number of carbonyl (C=O) groups is 1. The number of amides is 1. The summed E-state index contributed by atoms with van der Waals surface area (Å²) in [7, 11) is -3.64. The predicted octanol–water partition coefficient (Wildman–Crippen LogP) is 5.05. The van der Waals surface area contributed by atoms with Gasteiger partial charge in [0.2, 0.25) is 0 Å². The van der Waals surface area contributed by atoms with Gasteiger partial charge in [0, 0.05) is 17.5 Å². The number of nitriles is 1. The molecule has 0 aliphatic carbocycles. The summed E-state index contributed by atoms with van der Waals surface area (Å²) < 4.78 is 25.2. The molecule has 160 valence electrons. The van der Waals surface area contributed by atoms with E-state index in [1.807, 2.05) is 24.3 Å². The zero-order valence-corrected chi connectivity index (χ0v) is 19.0. The Bertz CT molecular complexity index is 1480. The molecule has 0 bridgehead atoms. The van der Waals surface area contributed by atoms with Crippen LogP contribution in [0.4, 0.5) is 5.69 Å². The normalized spacial score (nSPS) is 11.3. The van der Waals surface area contributed by atoms with E-state index in [9.17, 15) is 13.2 Å². The number of carbonyl (C=O) groups excluding carboxylic acids is 1. The molecule has 1 heterocycles. The second-order valence-electron chi connectivity index (χ2n) is 7.30. The smallest absolute Gasteiger partial charge is 0.257 e. The lowest BCUT2D eigenvalue weighted by Gasteiger charge is -2.09. The number of aryl methyl sites for hydroxylation is 1. The summed E-state index contributed by atoms with van der Waals surface area (Å²) in [6.07, 6.45) is 2.00. The van der Waals surface area contributed by atoms with Gasteiger partial charge in [0.05, 0.1) is 32.3 Å². The molecule has 0 aliphatic rings. The first-order chi connectivity index (χ1) is 15.3. The van der Waals surface area contributed by atoms with Crippen LogP contribution in [0.5, 0.6) is 0 Å². The van der Waals surface area contributed by atoms with Gasteiger partial charge in [-0.15, -0.1) is 11.3 Å². The lowest BCUT2D eigenvalue weighted by molar-refractivity contribution is 0.102. The van der Waals surface area contributed by atoms with Crippen molar-refractivity contribution in [3.63, 3.8) is 0 Å². The molecule has 0 spiro atoms. The minimum atomic E-state index is -3.64. The summed E-state index contributed by atoms with van der Waals surface area (Å²) in [5.74, 6) is -0.604. The average Bonchev–Trinajstić information content (AvgIpc) is 3.21. The highest BCUT2D eigenvalue weighted by atomic mass is 32.2. The van der Waals surface area contributed by atoms with Gasteiger partial charge >= 0.3 is 0 Å². The van der Waals surface area contributed by atoms with Crippen molar-refractivity contribution in [3.8, 4) is 16.6 Å². The summed E-state index contributed by atoms with van der Waals surface area (Å²) in [5.41, 5.74) is 3.64. The maximum absolute atomic E-state index is 12.9. The molecule has 0 atom stereocenters. The second kappa shape index (κ2) is 8.54. The van der Waals surface area contributed by atoms with Gasteiger partial charge in [-0.1, -0.05) is 31.2 Å². The van der Waals surface area contributed by atoms with Crippen LogP contribution >= 0.6 is 11.3 Å². The van der Waals surface area contributed by atoms with Crippen molar-refractivity contribution < 1.29 is 13.2 Å². The van der Waals surface area contributed by atoms with E-state index < -0.39 is 15.7 Å². The van der Waals surface area contributed by atoms with Gasteiger partial charge in [0.15, 0.2) is 9.84 Å². The first kappa shape index (κ1) is 21.7. The van der Waals surface area contributed by atoms with Crippen LogP contribution in [-0.2, 0) is 16.3 Å². The molecule has 0 fully saturated rings. The lowest BCUT2D eigenvalue weighted by Crippen LogP contribution is -2.16. The van der Waals surface area contributed by atoms with Crippen molar-refractivity contribution in [3.05, 3.63) is 77.4 Å². The molecule has 4 rings (SSSR count). The zero-order chi connectivity index (χ0) is 22.9. The van der Waals surface area contributed by atoms with E-state index >= 15 is 0 Å². The third-order valence-corrected chi connectivity index (χ3v) is 7.25. The summed E-state index contributed by atoms with van der Waals surface area (Å²) >= 11 is 1.56. The Labute approximate surface area is 190 Å². The number of rotatable bonds is 5. The Kier molecular flexibility index (Phi) is 5.78. The van der Waals surface area contributed by atoms with E-state index in [0.29, 0.717) is 5.69 Å². The molecule has 6 nitrogen and oxygen atoms in total. The van der Waals surface area contributed by atoms with E-state index in [4.69, 9.17) is 10.2 Å². The summed E-state index contributed by atoms with van der Waals surface area (Å²) in [5, 5.41) is 12.7. The van der Waals surface area contributed by atoms with Crippen LogP contribution in [0.2, 0.25) is 0 Å². The highest BCUT2D eigenvalue weighted by Gasteiger charge is 2.20. The fourth-order valence-electron chi connectivity index (χ4n) is 3.31. The zero-order valence-electron chi connectivity index (χ0n) is 17.4. The van der Waals surface area contributed by atoms with Crippen molar-refractivity contribution in [1.29, 1.82) is 5.26 Å². The number of hydrogen-bond acceptors (Lipinski definition) is 6. The van der Waals surface area contributed by atoms with Crippen LogP contribution in [0.1, 0.15) is 28.4 Å². The number of nitrogens with zero attached hydrogens (tertiary/aromatic N) is 2. The SMILES string of the molecule is CCc1ccc(-c2nc3cc(NC(=O)c4cc(C#N)ccc4S(C)(=O)=O)ccc3s2)cc1. The number of anilines is 1. The molecule has 1 aromatic heterocycles. The van der Waals surface area contributed by atoms with Gasteiger partial charge in [-0.2, -0.15) is 5.26 Å². The molecule has 4 aromatic rings. The Morgan fingerprint density at radius 2 is 1.84 bits per heavy atom. The van der Waals surface area contributed by atoms with E-state index in [1.165, 1.54) is 23.8 Å². The predicted molar refractivity (Wildman–Crippen MR) is 127 cm³/mol. The largest absolute Gasteiger partial charge is 0.322 e. The molecule has 0 unspecified atom stereocenters. The van der Waals surface area contributed by atoms with Gasteiger partial charge in [0.1, 0.15) is 5.01 Å². The minimum Gasteiger partial charge on any atom is -0.322 e. The number of aromatic nitrogens is 1. The minimum absolute atomic E-state index is 0.0679. The van der Waals surface area contributed by atoms with Crippen LogP contribution in [-0.4, -0.2) is 25.6 Å². The fourth-order valence-corrected chi connectivity index (χ4v) is 5.13. The Morgan fingerprint density at radius 3 is 2.50 bits per heavy atom. The number of benzene rings is 3. The standard InChI is InChI=1S/C24H19N3O3S2/c1-3-15-4-7-17(8-5-15)24-27-20-13-18(9-10-21(20)31-24)26-23(28)19-12-16(14-25)6-11-22(19)32(2,29)30/h4-13H,3H2,1-2H3,(H,26,28). The first-order valence-electron chi connectivity index (χ1n) is 9.84. The molecule has 32 heavy (non-hydrogen) atoms. The average molecular weight is 462 g/mol. The summed E-state index contributed by atoms with van der Waals surface area (Å²) in [4.78, 5) is 17.4. The van der Waals surface area contributed by atoms with Gasteiger partial charge < -0.3 is 5.32 Å². The number of thiazole rings is 1. The Hall–Kier alpha value is -3.54. The fraction of sp³-hybridized carbons (Fsp3) is 0.125. The maximum Gasteiger partial charge on any atom is 0.257 e. The molecule has 0 saturated heterocycles. The highest BCUT2D eigenvalue weighted by molar-refractivity contribution is 7.90. The van der Waals surface area contributed by atoms with Gasteiger partial charge in [-0.05, 0) is 48.4 Å². The van der Waals surface area contributed by atoms with Crippen molar-refractivity contribution in [2.24, 2.45) is 0 Å². The first-order valence-corrected chi connectivity index (χ1v) is 12.5. The van der Waals surface area contributed by atoms with E-state index in [-0.39, 0.29) is 16.0 Å². The second-order valence-corrected chi connectivity index (χ2v) is 10.3.